The number of benzene rings is 3. The lowest BCUT2D eigenvalue weighted by Gasteiger charge is -2.50. The number of imide groups is 2. The summed E-state index contributed by atoms with van der Waals surface area (Å²) < 4.78 is 54.8. The Bertz CT molecular complexity index is 2310. The molecule has 16 heteroatoms. The third kappa shape index (κ3) is 5.64. The third-order valence-electron chi connectivity index (χ3n) is 11.2. The van der Waals surface area contributed by atoms with Gasteiger partial charge in [0.25, 0.3) is 23.6 Å². The first kappa shape index (κ1) is 36.5. The van der Waals surface area contributed by atoms with E-state index in [0.717, 1.165) is 33.2 Å². The molecular formula is C39H29Cl2F4N5O5. The van der Waals surface area contributed by atoms with Gasteiger partial charge in [-0.15, -0.1) is 0 Å². The number of hydrogen-bond acceptors (Lipinski definition) is 8. The van der Waals surface area contributed by atoms with E-state index >= 15 is 4.79 Å². The first-order chi connectivity index (χ1) is 26.1. The van der Waals surface area contributed by atoms with Gasteiger partial charge in [-0.2, -0.15) is 23.2 Å². The van der Waals surface area contributed by atoms with Crippen molar-refractivity contribution in [2.45, 2.75) is 30.4 Å². The maximum Gasteiger partial charge on any atom is 0.433 e. The average Bonchev–Trinajstić information content (AvgIpc) is 3.52. The molecule has 6 atom stereocenters. The predicted molar refractivity (Wildman–Crippen MR) is 192 cm³/mol. The average molecular weight is 795 g/mol. The molecule has 0 radical (unpaired) electrons. The maximum atomic E-state index is 15.2. The fraction of sp³-hybridized carbons (Fsp3) is 0.256. The maximum absolute atomic E-state index is 15.2. The zero-order valence-corrected chi connectivity index (χ0v) is 30.1. The van der Waals surface area contributed by atoms with E-state index in [9.17, 15) is 37.1 Å². The SMILES string of the molecule is CN(c1nc(C(F)(F)F)ccc1Cl)N1C(=O)C2CC=C3C(CC4C(=O)N(Nc5ccc(F)cc5)C(=O)C4(c4ccc(Cl)cc4)C3c3cccc(O)c3)C2C1=O. The number of fused-ring (bicyclic) bond motifs is 4. The Morgan fingerprint density at radius 1 is 0.909 bits per heavy atom. The van der Waals surface area contributed by atoms with Crippen molar-refractivity contribution in [1.82, 2.24) is 15.0 Å². The van der Waals surface area contributed by atoms with Crippen LogP contribution in [-0.2, 0) is 30.8 Å². The number of aromatic hydroxyl groups is 1. The molecule has 4 amide bonds. The van der Waals surface area contributed by atoms with Crippen LogP contribution >= 0.6 is 23.2 Å². The Balaban J connectivity index is 1.27. The van der Waals surface area contributed by atoms with Crippen LogP contribution in [0.5, 0.6) is 5.75 Å². The lowest BCUT2D eigenvalue weighted by molar-refractivity contribution is -0.142. The van der Waals surface area contributed by atoms with E-state index in [1.807, 2.05) is 0 Å². The van der Waals surface area contributed by atoms with Gasteiger partial charge in [-0.05, 0) is 90.6 Å². The van der Waals surface area contributed by atoms with Crippen LogP contribution in [0.25, 0.3) is 0 Å². The Kier molecular flexibility index (Phi) is 8.69. The molecule has 0 bridgehead atoms. The Morgan fingerprint density at radius 2 is 1.62 bits per heavy atom. The van der Waals surface area contributed by atoms with E-state index in [4.69, 9.17) is 23.2 Å². The molecule has 2 saturated heterocycles. The number of nitrogens with zero attached hydrogens (tertiary/aromatic N) is 4. The van der Waals surface area contributed by atoms with Crippen LogP contribution in [0.3, 0.4) is 0 Å². The fourth-order valence-corrected chi connectivity index (χ4v) is 9.28. The highest BCUT2D eigenvalue weighted by Crippen LogP contribution is 2.64. The number of phenolic OH excluding ortho intramolecular Hbond substituents is 1. The highest BCUT2D eigenvalue weighted by molar-refractivity contribution is 6.33. The topological polar surface area (TPSA) is 123 Å². The van der Waals surface area contributed by atoms with Gasteiger partial charge in [0.1, 0.15) is 17.3 Å². The first-order valence-corrected chi connectivity index (χ1v) is 17.9. The largest absolute Gasteiger partial charge is 0.508 e. The molecule has 1 aromatic heterocycles. The Hall–Kier alpha value is -5.47. The summed E-state index contributed by atoms with van der Waals surface area (Å²) >= 11 is 12.6. The van der Waals surface area contributed by atoms with Crippen molar-refractivity contribution in [2.24, 2.45) is 23.7 Å². The molecule has 1 saturated carbocycles. The number of rotatable bonds is 6. The van der Waals surface area contributed by atoms with Crippen LogP contribution in [0.15, 0.2) is 96.6 Å². The standard InChI is InChI=1S/C39H29Cl2F4N5O5/c1-48(33-29(41)15-16-30(46-33)39(43,44)45)50-34(52)26-14-13-25-27(31(26)36(50)54)18-28-35(53)49(47-23-11-9-22(42)10-12-23)37(55)38(28,20-5-7-21(40)8-6-20)32(25)19-3-2-4-24(51)17-19/h2-13,15-17,26-28,31-32,47,51H,14,18H2,1H3. The highest BCUT2D eigenvalue weighted by atomic mass is 35.5. The lowest BCUT2D eigenvalue weighted by Crippen LogP contribution is -2.53. The molecule has 0 spiro atoms. The van der Waals surface area contributed by atoms with Gasteiger partial charge in [-0.1, -0.05) is 59.1 Å². The first-order valence-electron chi connectivity index (χ1n) is 17.1. The Morgan fingerprint density at radius 3 is 2.29 bits per heavy atom. The van der Waals surface area contributed by atoms with Crippen LogP contribution in [0.1, 0.15) is 35.6 Å². The van der Waals surface area contributed by atoms with E-state index in [1.54, 1.807) is 42.5 Å². The minimum absolute atomic E-state index is 0.0194. The van der Waals surface area contributed by atoms with E-state index in [1.165, 1.54) is 31.3 Å². The molecule has 55 heavy (non-hydrogen) atoms. The van der Waals surface area contributed by atoms with Gasteiger partial charge in [0.15, 0.2) is 5.82 Å². The molecule has 2 aliphatic carbocycles. The normalized spacial score (nSPS) is 26.1. The number of anilines is 2. The number of amides is 4. The molecule has 2 N–H and O–H groups in total. The van der Waals surface area contributed by atoms with Crippen LogP contribution in [0.4, 0.5) is 29.1 Å². The molecule has 282 valence electrons. The minimum Gasteiger partial charge on any atom is -0.508 e. The van der Waals surface area contributed by atoms with Gasteiger partial charge in [-0.25, -0.2) is 9.37 Å². The number of hydrogen-bond donors (Lipinski definition) is 2. The molecule has 4 aliphatic rings. The van der Waals surface area contributed by atoms with Crippen LogP contribution < -0.4 is 10.4 Å². The molecule has 2 aliphatic heterocycles. The van der Waals surface area contributed by atoms with E-state index < -0.39 is 82.1 Å². The van der Waals surface area contributed by atoms with Crippen LogP contribution in [0.2, 0.25) is 10.0 Å². The summed E-state index contributed by atoms with van der Waals surface area (Å²) in [4.78, 5) is 62.2. The van der Waals surface area contributed by atoms with Crippen molar-refractivity contribution in [2.75, 3.05) is 17.5 Å². The quantitative estimate of drug-likeness (QED) is 0.119. The second-order valence-electron chi connectivity index (χ2n) is 14.0. The van der Waals surface area contributed by atoms with Crippen molar-refractivity contribution in [3.05, 3.63) is 129 Å². The number of nitrogens with one attached hydrogen (secondary N) is 1. The van der Waals surface area contributed by atoms with E-state index in [-0.39, 0.29) is 29.3 Å². The van der Waals surface area contributed by atoms with E-state index in [2.05, 4.69) is 10.4 Å². The number of aromatic nitrogens is 1. The summed E-state index contributed by atoms with van der Waals surface area (Å²) in [5.74, 6) is -8.88. The summed E-state index contributed by atoms with van der Waals surface area (Å²) in [7, 11) is 1.22. The number of halogens is 6. The van der Waals surface area contributed by atoms with Crippen molar-refractivity contribution < 1.29 is 41.8 Å². The summed E-state index contributed by atoms with van der Waals surface area (Å²) in [6.45, 7) is 0. The van der Waals surface area contributed by atoms with Crippen molar-refractivity contribution in [1.29, 1.82) is 0 Å². The van der Waals surface area contributed by atoms with Crippen molar-refractivity contribution in [3.8, 4) is 5.75 Å². The van der Waals surface area contributed by atoms with Gasteiger partial charge >= 0.3 is 6.18 Å². The number of pyridine rings is 1. The van der Waals surface area contributed by atoms with Crippen LogP contribution in [-0.4, -0.2) is 50.8 Å². The summed E-state index contributed by atoms with van der Waals surface area (Å²) in [5.41, 5.74) is 1.60. The molecule has 10 nitrogen and oxygen atoms in total. The van der Waals surface area contributed by atoms with Crippen molar-refractivity contribution >= 4 is 58.3 Å². The highest BCUT2D eigenvalue weighted by Gasteiger charge is 2.70. The zero-order chi connectivity index (χ0) is 39.1. The van der Waals surface area contributed by atoms with Gasteiger partial charge in [0.2, 0.25) is 0 Å². The number of carbonyl (C=O) groups excluding carboxylic acids is 4. The van der Waals surface area contributed by atoms with Gasteiger partial charge < -0.3 is 5.11 Å². The van der Waals surface area contributed by atoms with Gasteiger partial charge in [-0.3, -0.25) is 29.6 Å². The third-order valence-corrected chi connectivity index (χ3v) is 11.7. The zero-order valence-electron chi connectivity index (χ0n) is 28.6. The summed E-state index contributed by atoms with van der Waals surface area (Å²) in [6.07, 6.45) is -3.12. The number of phenols is 1. The van der Waals surface area contributed by atoms with Crippen LogP contribution in [0, 0.1) is 29.5 Å². The second kappa shape index (κ2) is 13.1. The predicted octanol–water partition coefficient (Wildman–Crippen LogP) is 7.29. The molecule has 3 heterocycles. The second-order valence-corrected chi connectivity index (χ2v) is 14.8. The van der Waals surface area contributed by atoms with E-state index in [0.29, 0.717) is 27.8 Å². The summed E-state index contributed by atoms with van der Waals surface area (Å²) in [6, 6.07) is 19.4. The molecule has 8 rings (SSSR count). The van der Waals surface area contributed by atoms with Gasteiger partial charge in [0.05, 0.1) is 33.9 Å². The molecule has 3 aromatic carbocycles. The fourth-order valence-electron chi connectivity index (χ4n) is 8.92. The summed E-state index contributed by atoms with van der Waals surface area (Å²) in [5, 5.41) is 13.4. The van der Waals surface area contributed by atoms with Crippen molar-refractivity contribution in [3.63, 3.8) is 0 Å². The Labute approximate surface area is 320 Å². The van der Waals surface area contributed by atoms with Gasteiger partial charge in [0, 0.05) is 18.0 Å². The molecule has 6 unspecified atom stereocenters. The molecule has 3 fully saturated rings. The number of carbonyl (C=O) groups is 4. The lowest BCUT2D eigenvalue weighted by atomic mass is 9.49. The monoisotopic (exact) mass is 793 g/mol. The molecule has 4 aromatic rings. The molecular weight excluding hydrogens is 765 g/mol. The number of alkyl halides is 3. The minimum atomic E-state index is -4.84. The number of allylic oxidation sites excluding steroid dienone is 2. The number of hydrazine groups is 2. The smallest absolute Gasteiger partial charge is 0.433 e.